The fraction of sp³-hybridized carbons (Fsp3) is 0.412. The van der Waals surface area contributed by atoms with E-state index in [9.17, 15) is 0 Å². The fourth-order valence-electron chi connectivity index (χ4n) is 1.95. The van der Waals surface area contributed by atoms with E-state index in [0.29, 0.717) is 0 Å². The first-order valence-electron chi connectivity index (χ1n) is 7.28. The molecule has 0 bridgehead atoms. The third-order valence-corrected chi connectivity index (χ3v) is 3.27. The molecule has 0 aliphatic carbocycles. The van der Waals surface area contributed by atoms with Gasteiger partial charge in [-0.3, -0.25) is 0 Å². The molecule has 0 fully saturated rings. The van der Waals surface area contributed by atoms with Gasteiger partial charge in [-0.25, -0.2) is 0 Å². The molecule has 1 aromatic carbocycles. The van der Waals surface area contributed by atoms with Crippen molar-refractivity contribution < 1.29 is 9.15 Å². The zero-order valence-electron chi connectivity index (χ0n) is 12.3. The molecule has 2 rings (SSSR count). The van der Waals surface area contributed by atoms with Crippen molar-refractivity contribution in [1.29, 1.82) is 0 Å². The van der Waals surface area contributed by atoms with Crippen molar-refractivity contribution in [3.05, 3.63) is 54.0 Å². The third kappa shape index (κ3) is 4.42. The van der Waals surface area contributed by atoms with E-state index >= 15 is 0 Å². The van der Waals surface area contributed by atoms with E-state index in [1.165, 1.54) is 5.56 Å². The summed E-state index contributed by atoms with van der Waals surface area (Å²) in [6.45, 7) is 5.88. The highest BCUT2D eigenvalue weighted by Gasteiger charge is 2.07. The predicted octanol–water partition coefficient (Wildman–Crippen LogP) is 4.31. The van der Waals surface area contributed by atoms with Gasteiger partial charge in [-0.2, -0.15) is 0 Å². The van der Waals surface area contributed by atoms with Crippen LogP contribution in [0.1, 0.15) is 44.1 Å². The Balaban J connectivity index is 1.78. The average molecular weight is 273 g/mol. The first kappa shape index (κ1) is 14.7. The van der Waals surface area contributed by atoms with Gasteiger partial charge in [-0.05, 0) is 43.2 Å². The maximum Gasteiger partial charge on any atom is 0.120 e. The van der Waals surface area contributed by atoms with Gasteiger partial charge >= 0.3 is 0 Å². The van der Waals surface area contributed by atoms with Crippen molar-refractivity contribution in [3.8, 4) is 5.75 Å². The third-order valence-electron chi connectivity index (χ3n) is 3.27. The Labute approximate surface area is 121 Å². The van der Waals surface area contributed by atoms with E-state index in [0.717, 1.165) is 37.5 Å². The van der Waals surface area contributed by atoms with E-state index in [1.807, 2.05) is 24.3 Å². The van der Waals surface area contributed by atoms with Crippen LogP contribution in [0.2, 0.25) is 0 Å². The van der Waals surface area contributed by atoms with Crippen molar-refractivity contribution in [3.63, 3.8) is 0 Å². The summed E-state index contributed by atoms with van der Waals surface area (Å²) in [5.41, 5.74) is 1.24. The molecule has 0 saturated heterocycles. The first-order chi connectivity index (χ1) is 9.79. The summed E-state index contributed by atoms with van der Waals surface area (Å²) < 4.78 is 11.0. The van der Waals surface area contributed by atoms with Crippen LogP contribution in [0.3, 0.4) is 0 Å². The monoisotopic (exact) mass is 273 g/mol. The molecule has 0 amide bonds. The molecule has 0 spiro atoms. The molecule has 2 aromatic rings. The van der Waals surface area contributed by atoms with Gasteiger partial charge in [0.2, 0.25) is 0 Å². The van der Waals surface area contributed by atoms with Crippen LogP contribution in [0.5, 0.6) is 5.75 Å². The van der Waals surface area contributed by atoms with Gasteiger partial charge in [0.1, 0.15) is 11.5 Å². The van der Waals surface area contributed by atoms with Gasteiger partial charge < -0.3 is 14.5 Å². The number of ether oxygens (including phenoxy) is 1. The van der Waals surface area contributed by atoms with Crippen molar-refractivity contribution in [2.75, 3.05) is 6.61 Å². The molecule has 3 heteroatoms. The Hall–Kier alpha value is -1.74. The summed E-state index contributed by atoms with van der Waals surface area (Å²) in [4.78, 5) is 0. The number of nitrogens with one attached hydrogen (secondary N) is 1. The van der Waals surface area contributed by atoms with E-state index in [1.54, 1.807) is 6.26 Å². The second-order valence-corrected chi connectivity index (χ2v) is 4.96. The minimum atomic E-state index is 0.213. The molecule has 1 atom stereocenters. The lowest BCUT2D eigenvalue weighted by Gasteiger charge is -2.12. The smallest absolute Gasteiger partial charge is 0.120 e. The number of rotatable bonds is 8. The summed E-state index contributed by atoms with van der Waals surface area (Å²) in [6.07, 6.45) is 3.96. The second-order valence-electron chi connectivity index (χ2n) is 4.96. The number of furan rings is 1. The minimum absolute atomic E-state index is 0.213. The maximum atomic E-state index is 5.65. The van der Waals surface area contributed by atoms with Gasteiger partial charge in [0.15, 0.2) is 0 Å². The number of hydrogen-bond donors (Lipinski definition) is 1. The minimum Gasteiger partial charge on any atom is -0.494 e. The lowest BCUT2D eigenvalue weighted by atomic mass is 10.2. The maximum absolute atomic E-state index is 5.65. The lowest BCUT2D eigenvalue weighted by Crippen LogP contribution is -2.17. The lowest BCUT2D eigenvalue weighted by molar-refractivity contribution is 0.309. The van der Waals surface area contributed by atoms with Gasteiger partial charge in [0, 0.05) is 6.54 Å². The molecule has 1 N–H and O–H groups in total. The van der Waals surface area contributed by atoms with Crippen LogP contribution < -0.4 is 10.1 Å². The molecule has 0 aliphatic heterocycles. The van der Waals surface area contributed by atoms with Crippen molar-refractivity contribution >= 4 is 0 Å². The molecule has 0 radical (unpaired) electrons. The highest BCUT2D eigenvalue weighted by molar-refractivity contribution is 5.27. The van der Waals surface area contributed by atoms with Crippen LogP contribution in [-0.4, -0.2) is 6.61 Å². The van der Waals surface area contributed by atoms with Crippen LogP contribution in [0.15, 0.2) is 47.1 Å². The van der Waals surface area contributed by atoms with E-state index < -0.39 is 0 Å². The molecule has 108 valence electrons. The molecule has 0 aliphatic rings. The molecule has 1 heterocycles. The van der Waals surface area contributed by atoms with E-state index in [2.05, 4.69) is 31.3 Å². The predicted molar refractivity (Wildman–Crippen MR) is 80.8 cm³/mol. The highest BCUT2D eigenvalue weighted by Crippen LogP contribution is 2.15. The van der Waals surface area contributed by atoms with Crippen LogP contribution in [0.4, 0.5) is 0 Å². The first-order valence-corrected chi connectivity index (χ1v) is 7.28. The summed E-state index contributed by atoms with van der Waals surface area (Å²) in [7, 11) is 0. The Bertz CT molecular complexity index is 476. The number of unbranched alkanes of at least 4 members (excludes halogenated alkanes) is 1. The van der Waals surface area contributed by atoms with Crippen LogP contribution in [0.25, 0.3) is 0 Å². The molecule has 0 saturated carbocycles. The topological polar surface area (TPSA) is 34.4 Å². The Morgan fingerprint density at radius 1 is 1.20 bits per heavy atom. The highest BCUT2D eigenvalue weighted by atomic mass is 16.5. The summed E-state index contributed by atoms with van der Waals surface area (Å²) in [5, 5.41) is 3.44. The van der Waals surface area contributed by atoms with Crippen molar-refractivity contribution in [1.82, 2.24) is 5.32 Å². The van der Waals surface area contributed by atoms with Crippen LogP contribution >= 0.6 is 0 Å². The molecule has 3 nitrogen and oxygen atoms in total. The largest absolute Gasteiger partial charge is 0.494 e. The normalized spacial score (nSPS) is 12.3. The molecule has 1 unspecified atom stereocenters. The van der Waals surface area contributed by atoms with Crippen molar-refractivity contribution in [2.24, 2.45) is 0 Å². The Morgan fingerprint density at radius 3 is 2.65 bits per heavy atom. The van der Waals surface area contributed by atoms with Gasteiger partial charge in [0.05, 0.1) is 18.9 Å². The van der Waals surface area contributed by atoms with Gasteiger partial charge in [-0.15, -0.1) is 0 Å². The fourth-order valence-corrected chi connectivity index (χ4v) is 1.95. The number of hydrogen-bond acceptors (Lipinski definition) is 3. The zero-order valence-corrected chi connectivity index (χ0v) is 12.3. The quantitative estimate of drug-likeness (QED) is 0.728. The second kappa shape index (κ2) is 7.75. The van der Waals surface area contributed by atoms with E-state index in [4.69, 9.17) is 9.15 Å². The SMILES string of the molecule is CCCCOc1ccc(CNC(C)c2ccco2)cc1. The van der Waals surface area contributed by atoms with Gasteiger partial charge in [0.25, 0.3) is 0 Å². The van der Waals surface area contributed by atoms with Crippen LogP contribution in [-0.2, 0) is 6.54 Å². The van der Waals surface area contributed by atoms with E-state index in [-0.39, 0.29) is 6.04 Å². The summed E-state index contributed by atoms with van der Waals surface area (Å²) in [5.74, 6) is 1.91. The van der Waals surface area contributed by atoms with Gasteiger partial charge in [-0.1, -0.05) is 25.5 Å². The average Bonchev–Trinajstić information content (AvgIpc) is 3.01. The summed E-state index contributed by atoms with van der Waals surface area (Å²) >= 11 is 0. The number of benzene rings is 1. The zero-order chi connectivity index (χ0) is 14.2. The molecular formula is C17H23NO2. The standard InChI is InChI=1S/C17H23NO2/c1-3-4-11-19-16-9-7-15(8-10-16)13-18-14(2)17-6-5-12-20-17/h5-10,12,14,18H,3-4,11,13H2,1-2H3. The molecule has 1 aromatic heterocycles. The Kier molecular flexibility index (Phi) is 5.69. The summed E-state index contributed by atoms with van der Waals surface area (Å²) in [6, 6.07) is 12.4. The van der Waals surface area contributed by atoms with Crippen molar-refractivity contribution in [2.45, 2.75) is 39.3 Å². The molecule has 20 heavy (non-hydrogen) atoms. The van der Waals surface area contributed by atoms with Crippen LogP contribution in [0, 0.1) is 0 Å². The molecular weight excluding hydrogens is 250 g/mol. The Morgan fingerprint density at radius 2 is 2.00 bits per heavy atom.